The summed E-state index contributed by atoms with van der Waals surface area (Å²) in [6, 6.07) is 8.93. The maximum atomic E-state index is 11.6. The second-order valence-electron chi connectivity index (χ2n) is 3.21. The van der Waals surface area contributed by atoms with Gasteiger partial charge in [0.05, 0.1) is 0 Å². The van der Waals surface area contributed by atoms with Crippen LogP contribution in [0, 0.1) is 0 Å². The largest absolute Gasteiger partial charge is 0.286 e. The highest BCUT2D eigenvalue weighted by Crippen LogP contribution is 2.05. The molecule has 3 heteroatoms. The van der Waals surface area contributed by atoms with Crippen LogP contribution in [0.2, 0.25) is 0 Å². The van der Waals surface area contributed by atoms with Crippen molar-refractivity contribution in [1.82, 2.24) is 0 Å². The molecule has 0 bridgehead atoms. The fourth-order valence-corrected chi connectivity index (χ4v) is 1.30. The van der Waals surface area contributed by atoms with Gasteiger partial charge in [0.15, 0.2) is 5.17 Å². The highest BCUT2D eigenvalue weighted by molar-refractivity contribution is 6.84. The molecule has 1 rings (SSSR count). The first-order valence-corrected chi connectivity index (χ1v) is 4.82. The van der Waals surface area contributed by atoms with Crippen LogP contribution in [0.3, 0.4) is 0 Å². The summed E-state index contributed by atoms with van der Waals surface area (Å²) in [7, 11) is 0. The van der Waals surface area contributed by atoms with Crippen LogP contribution in [-0.2, 0) is 0 Å². The van der Waals surface area contributed by atoms with E-state index in [4.69, 9.17) is 11.6 Å². The number of carbonyl (C=O) groups is 1. The Kier molecular flexibility index (Phi) is 3.84. The molecule has 0 saturated heterocycles. The van der Waals surface area contributed by atoms with Crippen LogP contribution in [0.1, 0.15) is 24.2 Å². The SMILES string of the molecule is CC(C)N=C(Cl)C(=O)c1ccccc1. The number of hydrogen-bond acceptors (Lipinski definition) is 2. The first kappa shape index (κ1) is 10.9. The molecule has 0 atom stereocenters. The van der Waals surface area contributed by atoms with E-state index in [1.165, 1.54) is 0 Å². The summed E-state index contributed by atoms with van der Waals surface area (Å²) in [5, 5.41) is 0.0474. The average Bonchev–Trinajstić information content (AvgIpc) is 2.17. The normalized spacial score (nSPS) is 11.9. The highest BCUT2D eigenvalue weighted by Gasteiger charge is 2.10. The van der Waals surface area contributed by atoms with Crippen LogP contribution < -0.4 is 0 Å². The Morgan fingerprint density at radius 2 is 1.86 bits per heavy atom. The zero-order chi connectivity index (χ0) is 10.6. The zero-order valence-corrected chi connectivity index (χ0v) is 8.95. The third-order valence-electron chi connectivity index (χ3n) is 1.59. The second kappa shape index (κ2) is 4.91. The number of hydrogen-bond donors (Lipinski definition) is 0. The standard InChI is InChI=1S/C11H12ClNO/c1-8(2)13-11(12)10(14)9-6-4-3-5-7-9/h3-8H,1-2H3. The number of benzene rings is 1. The molecule has 0 N–H and O–H groups in total. The van der Waals surface area contributed by atoms with Gasteiger partial charge >= 0.3 is 0 Å². The van der Waals surface area contributed by atoms with E-state index in [0.29, 0.717) is 5.56 Å². The van der Waals surface area contributed by atoms with Crippen molar-refractivity contribution in [2.75, 3.05) is 0 Å². The monoisotopic (exact) mass is 209 g/mol. The van der Waals surface area contributed by atoms with Gasteiger partial charge in [-0.25, -0.2) is 0 Å². The van der Waals surface area contributed by atoms with Crippen LogP contribution in [0.25, 0.3) is 0 Å². The van der Waals surface area contributed by atoms with Gasteiger partial charge in [-0.2, -0.15) is 0 Å². The zero-order valence-electron chi connectivity index (χ0n) is 8.20. The third kappa shape index (κ3) is 2.96. The maximum absolute atomic E-state index is 11.6. The first-order valence-electron chi connectivity index (χ1n) is 4.44. The number of carbonyl (C=O) groups excluding carboxylic acids is 1. The van der Waals surface area contributed by atoms with Gasteiger partial charge < -0.3 is 0 Å². The minimum atomic E-state index is -0.221. The van der Waals surface area contributed by atoms with E-state index in [9.17, 15) is 4.79 Å². The molecule has 74 valence electrons. The lowest BCUT2D eigenvalue weighted by atomic mass is 10.1. The van der Waals surface area contributed by atoms with Crippen molar-refractivity contribution in [3.8, 4) is 0 Å². The van der Waals surface area contributed by atoms with Crippen LogP contribution in [-0.4, -0.2) is 17.0 Å². The summed E-state index contributed by atoms with van der Waals surface area (Å²) < 4.78 is 0. The van der Waals surface area contributed by atoms with E-state index in [1.807, 2.05) is 19.9 Å². The highest BCUT2D eigenvalue weighted by atomic mass is 35.5. The topological polar surface area (TPSA) is 29.4 Å². The van der Waals surface area contributed by atoms with E-state index < -0.39 is 0 Å². The Bertz CT molecular complexity index is 344. The van der Waals surface area contributed by atoms with Gasteiger partial charge in [0.1, 0.15) is 0 Å². The summed E-state index contributed by atoms with van der Waals surface area (Å²) in [5.41, 5.74) is 0.571. The second-order valence-corrected chi connectivity index (χ2v) is 3.57. The smallest absolute Gasteiger partial charge is 0.222 e. The van der Waals surface area contributed by atoms with Crippen molar-refractivity contribution >= 4 is 22.6 Å². The molecule has 0 unspecified atom stereocenters. The molecule has 0 aliphatic heterocycles. The van der Waals surface area contributed by atoms with Crippen molar-refractivity contribution in [3.63, 3.8) is 0 Å². The van der Waals surface area contributed by atoms with Crippen molar-refractivity contribution in [2.45, 2.75) is 19.9 Å². The van der Waals surface area contributed by atoms with Gasteiger partial charge in [-0.15, -0.1) is 0 Å². The molecule has 0 aliphatic carbocycles. The van der Waals surface area contributed by atoms with Gasteiger partial charge in [-0.1, -0.05) is 41.9 Å². The quantitative estimate of drug-likeness (QED) is 0.556. The van der Waals surface area contributed by atoms with Crippen LogP contribution in [0.15, 0.2) is 35.3 Å². The van der Waals surface area contributed by atoms with Gasteiger partial charge in [-0.3, -0.25) is 9.79 Å². The number of rotatable bonds is 3. The third-order valence-corrected chi connectivity index (χ3v) is 1.86. The minimum absolute atomic E-state index is 0.0372. The number of ketones is 1. The Morgan fingerprint density at radius 3 is 2.36 bits per heavy atom. The van der Waals surface area contributed by atoms with E-state index in [1.54, 1.807) is 24.3 Å². The van der Waals surface area contributed by atoms with Crippen molar-refractivity contribution < 1.29 is 4.79 Å². The molecule has 2 nitrogen and oxygen atoms in total. The van der Waals surface area contributed by atoms with Crippen LogP contribution >= 0.6 is 11.6 Å². The molecule has 0 aliphatic rings. The molecule has 0 spiro atoms. The Balaban J connectivity index is 2.87. The van der Waals surface area contributed by atoms with Crippen molar-refractivity contribution in [2.24, 2.45) is 4.99 Å². The summed E-state index contributed by atoms with van der Waals surface area (Å²) in [4.78, 5) is 15.6. The molecule has 1 aromatic rings. The molecular weight excluding hydrogens is 198 g/mol. The van der Waals surface area contributed by atoms with Crippen molar-refractivity contribution in [1.29, 1.82) is 0 Å². The molecule has 1 aromatic carbocycles. The van der Waals surface area contributed by atoms with Gasteiger partial charge in [0.2, 0.25) is 5.78 Å². The lowest BCUT2D eigenvalue weighted by molar-refractivity contribution is 0.106. The van der Waals surface area contributed by atoms with Gasteiger partial charge in [-0.05, 0) is 13.8 Å². The fraction of sp³-hybridized carbons (Fsp3) is 0.273. The molecule has 14 heavy (non-hydrogen) atoms. The maximum Gasteiger partial charge on any atom is 0.222 e. The summed E-state index contributed by atoms with van der Waals surface area (Å²) in [6.45, 7) is 3.75. The molecule has 0 fully saturated rings. The number of halogens is 1. The number of aliphatic imine (C=N–C) groups is 1. The van der Waals surface area contributed by atoms with Crippen molar-refractivity contribution in [3.05, 3.63) is 35.9 Å². The first-order chi connectivity index (χ1) is 6.61. The predicted octanol–water partition coefficient (Wildman–Crippen LogP) is 2.92. The molecular formula is C11H12ClNO. The Labute approximate surface area is 88.6 Å². The predicted molar refractivity (Wildman–Crippen MR) is 59.2 cm³/mol. The van der Waals surface area contributed by atoms with Gasteiger partial charge in [0.25, 0.3) is 0 Å². The molecule has 0 radical (unpaired) electrons. The Morgan fingerprint density at radius 1 is 1.29 bits per heavy atom. The lowest BCUT2D eigenvalue weighted by Gasteiger charge is -2.00. The Hall–Kier alpha value is -1.15. The van der Waals surface area contributed by atoms with Crippen LogP contribution in [0.4, 0.5) is 0 Å². The summed E-state index contributed by atoms with van der Waals surface area (Å²) >= 11 is 5.76. The van der Waals surface area contributed by atoms with E-state index in [-0.39, 0.29) is 17.0 Å². The minimum Gasteiger partial charge on any atom is -0.286 e. The molecule has 0 heterocycles. The number of nitrogens with zero attached hydrogens (tertiary/aromatic N) is 1. The van der Waals surface area contributed by atoms with Gasteiger partial charge in [0, 0.05) is 11.6 Å². The summed E-state index contributed by atoms with van der Waals surface area (Å²) in [5.74, 6) is -0.221. The molecule has 0 aromatic heterocycles. The van der Waals surface area contributed by atoms with E-state index in [0.717, 1.165) is 0 Å². The molecule has 0 amide bonds. The van der Waals surface area contributed by atoms with E-state index in [2.05, 4.69) is 4.99 Å². The fourth-order valence-electron chi connectivity index (χ4n) is 0.994. The average molecular weight is 210 g/mol. The molecule has 0 saturated carbocycles. The lowest BCUT2D eigenvalue weighted by Crippen LogP contribution is -2.10. The van der Waals surface area contributed by atoms with Crippen LogP contribution in [0.5, 0.6) is 0 Å². The van der Waals surface area contributed by atoms with E-state index >= 15 is 0 Å². The summed E-state index contributed by atoms with van der Waals surface area (Å²) in [6.07, 6.45) is 0. The number of Topliss-reactive ketones (excluding diaryl/α,β-unsaturated/α-hetero) is 1.